The molecular weight excluding hydrogens is 343 g/mol. The first-order valence-corrected chi connectivity index (χ1v) is 6.96. The van der Waals surface area contributed by atoms with Gasteiger partial charge in [0.05, 0.1) is 11.5 Å². The predicted molar refractivity (Wildman–Crippen MR) is 71.9 cm³/mol. The Morgan fingerprint density at radius 3 is 2.26 bits per heavy atom. The summed E-state index contributed by atoms with van der Waals surface area (Å²) in [5, 5.41) is -0.984. The summed E-state index contributed by atoms with van der Waals surface area (Å²) in [5.74, 6) is -8.61. The van der Waals surface area contributed by atoms with E-state index in [2.05, 4.69) is 0 Å². The van der Waals surface area contributed by atoms with Crippen LogP contribution in [0, 0.1) is 40.5 Å². The van der Waals surface area contributed by atoms with Crippen LogP contribution >= 0.6 is 11.6 Å². The third-order valence-corrected chi connectivity index (χ3v) is 4.16. The van der Waals surface area contributed by atoms with Gasteiger partial charge in [0.2, 0.25) is 0 Å². The topological polar surface area (TPSA) is 26.3 Å². The lowest BCUT2D eigenvalue weighted by Crippen LogP contribution is -2.13. The van der Waals surface area contributed by atoms with Crippen LogP contribution in [0.4, 0.5) is 22.0 Å². The van der Waals surface area contributed by atoms with E-state index in [4.69, 9.17) is 16.3 Å². The Morgan fingerprint density at radius 2 is 1.78 bits per heavy atom. The van der Waals surface area contributed by atoms with E-state index in [1.807, 2.05) is 0 Å². The van der Waals surface area contributed by atoms with E-state index in [1.54, 1.807) is 13.8 Å². The number of benzene rings is 1. The molecule has 0 heterocycles. The summed E-state index contributed by atoms with van der Waals surface area (Å²) in [5.41, 5.74) is -1.67. The van der Waals surface area contributed by atoms with Crippen LogP contribution in [0.15, 0.2) is 17.4 Å². The number of esters is 1. The van der Waals surface area contributed by atoms with Gasteiger partial charge in [0.15, 0.2) is 28.6 Å². The molecule has 2 nitrogen and oxygen atoms in total. The van der Waals surface area contributed by atoms with E-state index >= 15 is 0 Å². The Kier molecular flexibility index (Phi) is 4.71. The molecule has 0 saturated heterocycles. The zero-order chi connectivity index (χ0) is 17.5. The Hall–Kier alpha value is -1.63. The Labute approximate surface area is 133 Å². The molecule has 126 valence electrons. The molecule has 0 aliphatic heterocycles. The van der Waals surface area contributed by atoms with Gasteiger partial charge in [-0.25, -0.2) is 17.6 Å². The molecule has 0 spiro atoms. The van der Waals surface area contributed by atoms with Gasteiger partial charge >= 0.3 is 5.97 Å². The van der Waals surface area contributed by atoms with Crippen molar-refractivity contribution in [3.8, 4) is 0 Å². The normalized spacial score (nSPS) is 22.9. The lowest BCUT2D eigenvalue weighted by Gasteiger charge is -2.09. The number of ether oxygens (including phenoxy) is 1. The first kappa shape index (κ1) is 17.7. The predicted octanol–water partition coefficient (Wildman–Crippen LogP) is 4.61. The summed E-state index contributed by atoms with van der Waals surface area (Å²) in [6.07, 6.45) is 1.04. The number of carbonyl (C=O) groups excluding carboxylic acids is 1. The average molecular weight is 355 g/mol. The zero-order valence-electron chi connectivity index (χ0n) is 12.1. The van der Waals surface area contributed by atoms with Crippen LogP contribution in [0.2, 0.25) is 0 Å². The molecule has 1 aromatic rings. The lowest BCUT2D eigenvalue weighted by atomic mass is 10.1. The van der Waals surface area contributed by atoms with Crippen molar-refractivity contribution in [2.75, 3.05) is 0 Å². The lowest BCUT2D eigenvalue weighted by molar-refractivity contribution is -0.147. The third-order valence-electron chi connectivity index (χ3n) is 4.03. The molecule has 8 heteroatoms. The van der Waals surface area contributed by atoms with E-state index in [-0.39, 0.29) is 6.07 Å². The number of hydrogen-bond donors (Lipinski definition) is 0. The maximum Gasteiger partial charge on any atom is 0.310 e. The van der Waals surface area contributed by atoms with Gasteiger partial charge in [0, 0.05) is 12.0 Å². The van der Waals surface area contributed by atoms with Crippen LogP contribution in [-0.2, 0) is 16.1 Å². The van der Waals surface area contributed by atoms with Gasteiger partial charge < -0.3 is 4.74 Å². The first-order chi connectivity index (χ1) is 10.6. The number of rotatable bonds is 4. The largest absolute Gasteiger partial charge is 0.460 e. The molecule has 1 saturated carbocycles. The smallest absolute Gasteiger partial charge is 0.310 e. The average Bonchev–Trinajstić information content (AvgIpc) is 2.96. The highest BCUT2D eigenvalue weighted by Crippen LogP contribution is 2.60. The molecule has 1 aliphatic carbocycles. The minimum absolute atomic E-state index is 0.0596. The number of halogens is 6. The minimum Gasteiger partial charge on any atom is -0.460 e. The first-order valence-electron chi connectivity index (χ1n) is 6.58. The Bertz CT molecular complexity index is 657. The number of hydrogen-bond acceptors (Lipinski definition) is 2. The molecular formula is C15H12ClF5O2. The molecule has 0 radical (unpaired) electrons. The van der Waals surface area contributed by atoms with Crippen molar-refractivity contribution in [3.63, 3.8) is 0 Å². The van der Waals surface area contributed by atoms with E-state index in [1.165, 1.54) is 0 Å². The molecule has 1 fully saturated rings. The fourth-order valence-electron chi connectivity index (χ4n) is 2.56. The van der Waals surface area contributed by atoms with E-state index in [0.29, 0.717) is 0 Å². The SMILES string of the molecule is CC1(C)[C@H](C=C(F)Cl)[C@H]1C(=O)OCc1c(F)c(F)cc(F)c1F. The second kappa shape index (κ2) is 6.11. The van der Waals surface area contributed by atoms with E-state index < -0.39 is 63.9 Å². The van der Waals surface area contributed by atoms with Gasteiger partial charge in [-0.1, -0.05) is 25.4 Å². The van der Waals surface area contributed by atoms with Crippen LogP contribution in [-0.4, -0.2) is 5.97 Å². The van der Waals surface area contributed by atoms with Gasteiger partial charge in [-0.3, -0.25) is 4.79 Å². The fourth-order valence-corrected chi connectivity index (χ4v) is 2.69. The highest BCUT2D eigenvalue weighted by Gasteiger charge is 2.61. The van der Waals surface area contributed by atoms with Crippen LogP contribution < -0.4 is 0 Å². The van der Waals surface area contributed by atoms with Crippen LogP contribution in [0.25, 0.3) is 0 Å². The summed E-state index contributed by atoms with van der Waals surface area (Å²) in [7, 11) is 0. The maximum atomic E-state index is 13.5. The quantitative estimate of drug-likeness (QED) is 0.448. The molecule has 0 bridgehead atoms. The molecule has 0 unspecified atom stereocenters. The van der Waals surface area contributed by atoms with Crippen molar-refractivity contribution >= 4 is 17.6 Å². The second-order valence-electron chi connectivity index (χ2n) is 5.84. The van der Waals surface area contributed by atoms with Crippen molar-refractivity contribution in [2.24, 2.45) is 17.3 Å². The Morgan fingerprint density at radius 1 is 1.26 bits per heavy atom. The molecule has 0 N–H and O–H groups in total. The van der Waals surface area contributed by atoms with Gasteiger partial charge in [-0.2, -0.15) is 4.39 Å². The Balaban J connectivity index is 2.11. The van der Waals surface area contributed by atoms with Crippen LogP contribution in [0.5, 0.6) is 0 Å². The standard InChI is InChI=1S/C15H12ClF5O2/c1-15(2)7(3-10(16)19)11(15)14(22)23-5-6-12(20)8(17)4-9(18)13(6)21/h3-4,7,11H,5H2,1-2H3/t7-,11+/m1/s1. The van der Waals surface area contributed by atoms with Gasteiger partial charge in [-0.15, -0.1) is 0 Å². The van der Waals surface area contributed by atoms with Crippen molar-refractivity contribution in [1.82, 2.24) is 0 Å². The van der Waals surface area contributed by atoms with Gasteiger partial charge in [-0.05, 0) is 11.5 Å². The van der Waals surface area contributed by atoms with Crippen LogP contribution in [0.3, 0.4) is 0 Å². The third kappa shape index (κ3) is 3.34. The van der Waals surface area contributed by atoms with E-state index in [0.717, 1.165) is 6.08 Å². The molecule has 0 amide bonds. The fraction of sp³-hybridized carbons (Fsp3) is 0.400. The van der Waals surface area contributed by atoms with Gasteiger partial charge in [0.1, 0.15) is 6.61 Å². The monoisotopic (exact) mass is 354 g/mol. The zero-order valence-corrected chi connectivity index (χ0v) is 12.9. The summed E-state index contributed by atoms with van der Waals surface area (Å²) < 4.78 is 70.5. The molecule has 23 heavy (non-hydrogen) atoms. The molecule has 2 atom stereocenters. The second-order valence-corrected chi connectivity index (χ2v) is 6.20. The highest BCUT2D eigenvalue weighted by molar-refractivity contribution is 6.28. The molecule has 2 rings (SSSR count). The van der Waals surface area contributed by atoms with Crippen LogP contribution in [0.1, 0.15) is 19.4 Å². The summed E-state index contributed by atoms with van der Waals surface area (Å²) in [6, 6.07) is 0.0596. The summed E-state index contributed by atoms with van der Waals surface area (Å²) in [4.78, 5) is 11.9. The van der Waals surface area contributed by atoms with Gasteiger partial charge in [0.25, 0.3) is 0 Å². The number of allylic oxidation sites excluding steroid dienone is 1. The summed E-state index contributed by atoms with van der Waals surface area (Å²) >= 11 is 5.12. The van der Waals surface area contributed by atoms with Crippen molar-refractivity contribution in [2.45, 2.75) is 20.5 Å². The maximum absolute atomic E-state index is 13.5. The van der Waals surface area contributed by atoms with E-state index in [9.17, 15) is 26.7 Å². The summed E-state index contributed by atoms with van der Waals surface area (Å²) in [6.45, 7) is 2.34. The highest BCUT2D eigenvalue weighted by atomic mass is 35.5. The molecule has 1 aliphatic rings. The number of carbonyl (C=O) groups is 1. The van der Waals surface area contributed by atoms with Crippen molar-refractivity contribution < 1.29 is 31.5 Å². The molecule has 0 aromatic heterocycles. The van der Waals surface area contributed by atoms with Crippen molar-refractivity contribution in [1.29, 1.82) is 0 Å². The van der Waals surface area contributed by atoms with Crippen molar-refractivity contribution in [3.05, 3.63) is 46.3 Å². The molecule has 1 aromatic carbocycles. The minimum atomic E-state index is -1.63.